The molecular formula is C9H11ClO2. The van der Waals surface area contributed by atoms with E-state index in [1.165, 1.54) is 0 Å². The first kappa shape index (κ1) is 9.46. The standard InChI is InChI=1S/C9H11ClO2/c10-9-3-1-2-8(12)5-4-7(9)6-11/h6H,1-5H2/b9-7-. The molecular weight excluding hydrogens is 176 g/mol. The second-order valence-electron chi connectivity index (χ2n) is 2.94. The minimum atomic E-state index is 0.235. The molecule has 0 unspecified atom stereocenters. The van der Waals surface area contributed by atoms with Crippen LogP contribution in [0.15, 0.2) is 10.6 Å². The van der Waals surface area contributed by atoms with Gasteiger partial charge in [0.1, 0.15) is 12.1 Å². The van der Waals surface area contributed by atoms with E-state index in [1.807, 2.05) is 0 Å². The third kappa shape index (κ3) is 2.45. The predicted molar refractivity (Wildman–Crippen MR) is 47.0 cm³/mol. The third-order valence-corrected chi connectivity index (χ3v) is 2.45. The molecule has 0 aliphatic heterocycles. The molecule has 0 aromatic carbocycles. The molecule has 1 aliphatic carbocycles. The number of aldehydes is 1. The van der Waals surface area contributed by atoms with Crippen LogP contribution in [-0.4, -0.2) is 12.1 Å². The van der Waals surface area contributed by atoms with E-state index < -0.39 is 0 Å². The fraction of sp³-hybridized carbons (Fsp3) is 0.556. The summed E-state index contributed by atoms with van der Waals surface area (Å²) in [4.78, 5) is 21.5. The Morgan fingerprint density at radius 3 is 2.58 bits per heavy atom. The molecule has 2 nitrogen and oxygen atoms in total. The monoisotopic (exact) mass is 186 g/mol. The number of allylic oxidation sites excluding steroid dienone is 2. The van der Waals surface area contributed by atoms with Crippen molar-refractivity contribution in [2.75, 3.05) is 0 Å². The fourth-order valence-electron chi connectivity index (χ4n) is 1.26. The number of Topliss-reactive ketones (excluding diaryl/α,β-unsaturated/α-hetero) is 1. The zero-order valence-electron chi connectivity index (χ0n) is 6.81. The number of carbonyl (C=O) groups is 2. The van der Waals surface area contributed by atoms with Crippen molar-refractivity contribution in [1.82, 2.24) is 0 Å². The van der Waals surface area contributed by atoms with Crippen LogP contribution in [-0.2, 0) is 9.59 Å². The maximum absolute atomic E-state index is 11.0. The van der Waals surface area contributed by atoms with Gasteiger partial charge in [-0.05, 0) is 19.3 Å². The second kappa shape index (κ2) is 4.41. The van der Waals surface area contributed by atoms with Gasteiger partial charge in [0.05, 0.1) is 0 Å². The minimum absolute atomic E-state index is 0.235. The van der Waals surface area contributed by atoms with Crippen LogP contribution in [0.3, 0.4) is 0 Å². The number of hydrogen-bond donors (Lipinski definition) is 0. The normalized spacial score (nSPS) is 26.2. The first-order chi connectivity index (χ1) is 5.74. The highest BCUT2D eigenvalue weighted by atomic mass is 35.5. The third-order valence-electron chi connectivity index (χ3n) is 2.02. The molecule has 3 heteroatoms. The van der Waals surface area contributed by atoms with Gasteiger partial charge in [-0.3, -0.25) is 9.59 Å². The molecule has 0 aromatic rings. The van der Waals surface area contributed by atoms with E-state index in [0.29, 0.717) is 36.3 Å². The molecule has 66 valence electrons. The van der Waals surface area contributed by atoms with E-state index in [0.717, 1.165) is 12.7 Å². The summed E-state index contributed by atoms with van der Waals surface area (Å²) in [5, 5.41) is 0.637. The topological polar surface area (TPSA) is 34.1 Å². The average molecular weight is 187 g/mol. The smallest absolute Gasteiger partial charge is 0.147 e. The summed E-state index contributed by atoms with van der Waals surface area (Å²) in [5.74, 6) is 0.235. The summed E-state index contributed by atoms with van der Waals surface area (Å²) in [6, 6.07) is 0. The molecule has 0 fully saturated rings. The van der Waals surface area contributed by atoms with Gasteiger partial charge in [-0.15, -0.1) is 0 Å². The summed E-state index contributed by atoms with van der Waals surface area (Å²) >= 11 is 5.84. The lowest BCUT2D eigenvalue weighted by Gasteiger charge is -2.08. The van der Waals surface area contributed by atoms with Crippen LogP contribution in [0.25, 0.3) is 0 Å². The van der Waals surface area contributed by atoms with Crippen LogP contribution in [0.2, 0.25) is 0 Å². The average Bonchev–Trinajstić information content (AvgIpc) is 2.03. The van der Waals surface area contributed by atoms with Gasteiger partial charge >= 0.3 is 0 Å². The molecule has 0 N–H and O–H groups in total. The Labute approximate surface area is 76.6 Å². The van der Waals surface area contributed by atoms with Crippen molar-refractivity contribution >= 4 is 23.7 Å². The van der Waals surface area contributed by atoms with Gasteiger partial charge < -0.3 is 0 Å². The Balaban J connectivity index is 2.71. The molecule has 0 bridgehead atoms. The Hall–Kier alpha value is -0.630. The first-order valence-corrected chi connectivity index (χ1v) is 4.46. The van der Waals surface area contributed by atoms with Crippen molar-refractivity contribution in [3.8, 4) is 0 Å². The van der Waals surface area contributed by atoms with E-state index in [-0.39, 0.29) is 5.78 Å². The van der Waals surface area contributed by atoms with Crippen molar-refractivity contribution in [1.29, 1.82) is 0 Å². The van der Waals surface area contributed by atoms with Gasteiger partial charge in [-0.2, -0.15) is 0 Å². The van der Waals surface area contributed by atoms with Gasteiger partial charge in [0.2, 0.25) is 0 Å². The van der Waals surface area contributed by atoms with Crippen LogP contribution >= 0.6 is 11.6 Å². The highest BCUT2D eigenvalue weighted by Crippen LogP contribution is 2.22. The van der Waals surface area contributed by atoms with Gasteiger partial charge in [0.25, 0.3) is 0 Å². The quantitative estimate of drug-likeness (QED) is 0.589. The lowest BCUT2D eigenvalue weighted by atomic mass is 10.00. The van der Waals surface area contributed by atoms with Crippen LogP contribution < -0.4 is 0 Å². The first-order valence-electron chi connectivity index (χ1n) is 4.08. The molecule has 0 atom stereocenters. The molecule has 12 heavy (non-hydrogen) atoms. The Morgan fingerprint density at radius 2 is 1.92 bits per heavy atom. The fourth-order valence-corrected chi connectivity index (χ4v) is 1.53. The summed E-state index contributed by atoms with van der Waals surface area (Å²) in [6.45, 7) is 0. The molecule has 1 aliphatic rings. The zero-order chi connectivity index (χ0) is 8.97. The zero-order valence-corrected chi connectivity index (χ0v) is 7.56. The highest BCUT2D eigenvalue weighted by Gasteiger charge is 2.11. The van der Waals surface area contributed by atoms with Crippen molar-refractivity contribution in [3.05, 3.63) is 10.6 Å². The maximum atomic E-state index is 11.0. The minimum Gasteiger partial charge on any atom is -0.300 e. The van der Waals surface area contributed by atoms with E-state index in [4.69, 9.17) is 11.6 Å². The summed E-state index contributed by atoms with van der Waals surface area (Å²) in [6.07, 6.45) is 3.78. The Kier molecular flexibility index (Phi) is 3.48. The Morgan fingerprint density at radius 1 is 1.17 bits per heavy atom. The molecule has 0 spiro atoms. The van der Waals surface area contributed by atoms with Crippen LogP contribution in [0, 0.1) is 0 Å². The van der Waals surface area contributed by atoms with Gasteiger partial charge in [0, 0.05) is 23.4 Å². The van der Waals surface area contributed by atoms with Crippen LogP contribution in [0.4, 0.5) is 0 Å². The molecule has 0 aromatic heterocycles. The summed E-state index contributed by atoms with van der Waals surface area (Å²) in [7, 11) is 0. The predicted octanol–water partition coefficient (Wildman–Crippen LogP) is 2.21. The van der Waals surface area contributed by atoms with Gasteiger partial charge in [0.15, 0.2) is 0 Å². The lowest BCUT2D eigenvalue weighted by Crippen LogP contribution is -2.03. The van der Waals surface area contributed by atoms with E-state index in [2.05, 4.69) is 0 Å². The van der Waals surface area contributed by atoms with Crippen molar-refractivity contribution in [2.45, 2.75) is 32.1 Å². The largest absolute Gasteiger partial charge is 0.300 e. The maximum Gasteiger partial charge on any atom is 0.147 e. The summed E-state index contributed by atoms with van der Waals surface area (Å²) < 4.78 is 0. The number of hydrogen-bond acceptors (Lipinski definition) is 2. The van der Waals surface area contributed by atoms with Crippen molar-refractivity contribution in [3.63, 3.8) is 0 Å². The number of halogens is 1. The molecule has 0 amide bonds. The number of ketones is 1. The van der Waals surface area contributed by atoms with Crippen molar-refractivity contribution in [2.24, 2.45) is 0 Å². The molecule has 0 saturated heterocycles. The number of rotatable bonds is 1. The molecule has 0 saturated carbocycles. The second-order valence-corrected chi connectivity index (χ2v) is 3.40. The highest BCUT2D eigenvalue weighted by molar-refractivity contribution is 6.31. The van der Waals surface area contributed by atoms with E-state index in [1.54, 1.807) is 0 Å². The summed E-state index contributed by atoms with van der Waals surface area (Å²) in [5.41, 5.74) is 0.602. The molecule has 0 radical (unpaired) electrons. The Bertz CT molecular complexity index is 231. The van der Waals surface area contributed by atoms with E-state index >= 15 is 0 Å². The van der Waals surface area contributed by atoms with Crippen LogP contribution in [0.1, 0.15) is 32.1 Å². The van der Waals surface area contributed by atoms with Gasteiger partial charge in [-0.1, -0.05) is 11.6 Å². The lowest BCUT2D eigenvalue weighted by molar-refractivity contribution is -0.119. The molecule has 0 heterocycles. The SMILES string of the molecule is O=C/C1=C(\Cl)CCCC(=O)CC1. The molecule has 1 rings (SSSR count). The van der Waals surface area contributed by atoms with Crippen LogP contribution in [0.5, 0.6) is 0 Å². The van der Waals surface area contributed by atoms with Gasteiger partial charge in [-0.25, -0.2) is 0 Å². The number of carbonyl (C=O) groups excluding carboxylic acids is 2. The van der Waals surface area contributed by atoms with Crippen molar-refractivity contribution < 1.29 is 9.59 Å². The van der Waals surface area contributed by atoms with E-state index in [9.17, 15) is 9.59 Å².